The number of carbonyl (C=O) groups excluding carboxylic acids is 2. The topological polar surface area (TPSA) is 133 Å². The van der Waals surface area contributed by atoms with Gasteiger partial charge in [0.1, 0.15) is 13.1 Å². The van der Waals surface area contributed by atoms with Crippen LogP contribution in [-0.4, -0.2) is 47.1 Å². The van der Waals surface area contributed by atoms with Crippen molar-refractivity contribution in [3.05, 3.63) is 71.8 Å². The normalized spacial score (nSPS) is 8.89. The predicted molar refractivity (Wildman–Crippen MR) is 92.8 cm³/mol. The first-order valence-electron chi connectivity index (χ1n) is 7.50. The molecule has 0 bridgehead atoms. The number of hydrogen-bond donors (Lipinski definition) is 4. The van der Waals surface area contributed by atoms with Gasteiger partial charge in [-0.05, 0) is 24.3 Å². The predicted octanol–water partition coefficient (Wildman–Crippen LogP) is 0.999. The van der Waals surface area contributed by atoms with E-state index in [1.165, 1.54) is 0 Å². The number of benzene rings is 2. The molecule has 9 heteroatoms. The number of amides is 2. The van der Waals surface area contributed by atoms with Crippen molar-refractivity contribution in [1.29, 1.82) is 0 Å². The van der Waals surface area contributed by atoms with Crippen molar-refractivity contribution in [1.82, 2.24) is 10.6 Å². The second kappa shape index (κ2) is 13.1. The number of aliphatic carboxylic acids is 2. The zero-order valence-corrected chi connectivity index (χ0v) is 15.2. The second-order valence-electron chi connectivity index (χ2n) is 4.88. The van der Waals surface area contributed by atoms with Crippen molar-refractivity contribution in [2.24, 2.45) is 0 Å². The van der Waals surface area contributed by atoms with Crippen LogP contribution in [0.4, 0.5) is 0 Å². The Morgan fingerprint density at radius 3 is 1.19 bits per heavy atom. The number of rotatable bonds is 6. The summed E-state index contributed by atoms with van der Waals surface area (Å²) in [6.07, 6.45) is 0. The molecule has 0 heterocycles. The van der Waals surface area contributed by atoms with E-state index in [2.05, 4.69) is 10.6 Å². The van der Waals surface area contributed by atoms with E-state index in [4.69, 9.17) is 10.2 Å². The number of nitrogens with one attached hydrogen (secondary N) is 2. The maximum atomic E-state index is 11.2. The van der Waals surface area contributed by atoms with Crippen LogP contribution in [0.25, 0.3) is 0 Å². The van der Waals surface area contributed by atoms with Crippen LogP contribution >= 0.6 is 0 Å². The molecule has 0 radical (unpaired) electrons. The fraction of sp³-hybridized carbons (Fsp3) is 0.111. The summed E-state index contributed by atoms with van der Waals surface area (Å²) in [4.78, 5) is 42.6. The van der Waals surface area contributed by atoms with Crippen LogP contribution in [0.3, 0.4) is 0 Å². The van der Waals surface area contributed by atoms with Crippen molar-refractivity contribution >= 4 is 23.8 Å². The number of hydrogen-bond acceptors (Lipinski definition) is 4. The van der Waals surface area contributed by atoms with E-state index in [1.807, 2.05) is 0 Å². The molecule has 0 aliphatic heterocycles. The molecule has 27 heavy (non-hydrogen) atoms. The molecule has 0 saturated heterocycles. The number of carbonyl (C=O) groups is 4. The Bertz CT molecular complexity index is 687. The first kappa shape index (κ1) is 23.8. The third-order valence-electron chi connectivity index (χ3n) is 2.87. The molecule has 4 N–H and O–H groups in total. The van der Waals surface area contributed by atoms with Crippen LogP contribution in [-0.2, 0) is 26.7 Å². The van der Waals surface area contributed by atoms with Crippen LogP contribution < -0.4 is 10.6 Å². The fourth-order valence-electron chi connectivity index (χ4n) is 1.69. The van der Waals surface area contributed by atoms with Crippen LogP contribution in [0, 0.1) is 0 Å². The average Bonchev–Trinajstić information content (AvgIpc) is 2.66. The van der Waals surface area contributed by atoms with Gasteiger partial charge in [-0.15, -0.1) is 0 Å². The first-order valence-corrected chi connectivity index (χ1v) is 7.50. The molecule has 2 rings (SSSR count). The zero-order chi connectivity index (χ0) is 19.4. The second-order valence-corrected chi connectivity index (χ2v) is 4.88. The SMILES string of the molecule is O=C(O)CNC(=O)c1ccccc1.O=C(O)CNC(=O)c1ccccc1.[Fe]. The van der Waals surface area contributed by atoms with Crippen molar-refractivity contribution in [3.8, 4) is 0 Å². The Kier molecular flexibility index (Phi) is 11.6. The van der Waals surface area contributed by atoms with Crippen LogP contribution in [0.1, 0.15) is 20.7 Å². The van der Waals surface area contributed by atoms with Crippen molar-refractivity contribution < 1.29 is 46.5 Å². The molecule has 0 saturated carbocycles. The third kappa shape index (κ3) is 10.4. The van der Waals surface area contributed by atoms with Gasteiger partial charge in [0.15, 0.2) is 0 Å². The molecule has 2 aromatic carbocycles. The Morgan fingerprint density at radius 1 is 0.630 bits per heavy atom. The summed E-state index contributed by atoms with van der Waals surface area (Å²) in [6, 6.07) is 16.9. The Balaban J connectivity index is 0.000000483. The van der Waals surface area contributed by atoms with Gasteiger partial charge in [0.25, 0.3) is 11.8 Å². The molecule has 0 atom stereocenters. The van der Waals surface area contributed by atoms with Gasteiger partial charge in [-0.3, -0.25) is 19.2 Å². The Hall–Kier alpha value is -3.16. The van der Waals surface area contributed by atoms with Gasteiger partial charge in [-0.2, -0.15) is 0 Å². The molecule has 144 valence electrons. The van der Waals surface area contributed by atoms with Gasteiger partial charge in [0.05, 0.1) is 0 Å². The van der Waals surface area contributed by atoms with Crippen LogP contribution in [0.2, 0.25) is 0 Å². The quantitative estimate of drug-likeness (QED) is 0.522. The summed E-state index contributed by atoms with van der Waals surface area (Å²) >= 11 is 0. The largest absolute Gasteiger partial charge is 0.480 e. The molecule has 0 fully saturated rings. The average molecular weight is 414 g/mol. The summed E-state index contributed by atoms with van der Waals surface area (Å²) in [5.74, 6) is -2.85. The minimum Gasteiger partial charge on any atom is -0.480 e. The minimum absolute atomic E-state index is 0. The molecule has 0 aliphatic rings. The van der Waals surface area contributed by atoms with E-state index in [1.54, 1.807) is 60.7 Å². The molecular formula is C18H18FeN2O6. The standard InChI is InChI=1S/2C9H9NO3.Fe/c2*11-8(12)6-10-9(13)7-4-2-1-3-5-7;/h2*1-5H,6H2,(H,10,13)(H,11,12);. The molecule has 0 unspecified atom stereocenters. The Morgan fingerprint density at radius 2 is 0.926 bits per heavy atom. The van der Waals surface area contributed by atoms with Crippen molar-refractivity contribution in [2.45, 2.75) is 0 Å². The number of carboxylic acid groups (broad SMARTS) is 2. The summed E-state index contributed by atoms with van der Waals surface area (Å²) < 4.78 is 0. The van der Waals surface area contributed by atoms with Gasteiger partial charge >= 0.3 is 11.9 Å². The van der Waals surface area contributed by atoms with Gasteiger partial charge in [0.2, 0.25) is 0 Å². The minimum atomic E-state index is -1.05. The van der Waals surface area contributed by atoms with Crippen molar-refractivity contribution in [2.75, 3.05) is 13.1 Å². The van der Waals surface area contributed by atoms with E-state index in [0.717, 1.165) is 0 Å². The molecule has 0 aliphatic carbocycles. The van der Waals surface area contributed by atoms with E-state index in [-0.39, 0.29) is 42.0 Å². The van der Waals surface area contributed by atoms with Crippen molar-refractivity contribution in [3.63, 3.8) is 0 Å². The zero-order valence-electron chi connectivity index (χ0n) is 14.1. The number of carboxylic acids is 2. The van der Waals surface area contributed by atoms with Gasteiger partial charge in [-0.25, -0.2) is 0 Å². The van der Waals surface area contributed by atoms with Crippen LogP contribution in [0.5, 0.6) is 0 Å². The third-order valence-corrected chi connectivity index (χ3v) is 2.87. The van der Waals surface area contributed by atoms with Crippen LogP contribution in [0.15, 0.2) is 60.7 Å². The molecule has 2 amide bonds. The van der Waals surface area contributed by atoms with Gasteiger partial charge < -0.3 is 20.8 Å². The van der Waals surface area contributed by atoms with E-state index >= 15 is 0 Å². The molecule has 0 spiro atoms. The van der Waals surface area contributed by atoms with Gasteiger partial charge in [0, 0.05) is 28.2 Å². The van der Waals surface area contributed by atoms with E-state index < -0.39 is 11.9 Å². The summed E-state index contributed by atoms with van der Waals surface area (Å²) in [6.45, 7) is -0.707. The summed E-state index contributed by atoms with van der Waals surface area (Å²) in [7, 11) is 0. The van der Waals surface area contributed by atoms with E-state index in [9.17, 15) is 19.2 Å². The molecule has 8 nitrogen and oxygen atoms in total. The maximum absolute atomic E-state index is 11.2. The molecular weight excluding hydrogens is 396 g/mol. The Labute approximate surface area is 166 Å². The molecule has 0 aromatic heterocycles. The monoisotopic (exact) mass is 414 g/mol. The maximum Gasteiger partial charge on any atom is 0.322 e. The summed E-state index contributed by atoms with van der Waals surface area (Å²) in [5, 5.41) is 21.1. The fourth-order valence-corrected chi connectivity index (χ4v) is 1.69. The molecule has 2 aromatic rings. The van der Waals surface area contributed by atoms with E-state index in [0.29, 0.717) is 11.1 Å². The summed E-state index contributed by atoms with van der Waals surface area (Å²) in [5.41, 5.74) is 0.924. The first-order chi connectivity index (χ1) is 12.4. The van der Waals surface area contributed by atoms with Gasteiger partial charge in [-0.1, -0.05) is 36.4 Å². The smallest absolute Gasteiger partial charge is 0.322 e.